The van der Waals surface area contributed by atoms with Crippen LogP contribution in [0.4, 0.5) is 4.39 Å². The van der Waals surface area contributed by atoms with Crippen LogP contribution in [0, 0.1) is 12.9 Å². The number of aryl methyl sites for hydroxylation is 1. The Morgan fingerprint density at radius 1 is 1.25 bits per heavy atom. The van der Waals surface area contributed by atoms with E-state index in [-0.39, 0.29) is 0 Å². The summed E-state index contributed by atoms with van der Waals surface area (Å²) in [4.78, 5) is 3.45. The summed E-state index contributed by atoms with van der Waals surface area (Å²) in [6.07, 6.45) is 1.35. The Morgan fingerprint density at radius 3 is 2.81 bits per heavy atom. The molecular formula is C12H9ClFNO. The highest BCUT2D eigenvalue weighted by Gasteiger charge is 2.03. The van der Waals surface area contributed by atoms with Crippen molar-refractivity contribution >= 4 is 11.6 Å². The van der Waals surface area contributed by atoms with Crippen LogP contribution in [0.3, 0.4) is 0 Å². The predicted octanol–water partition coefficient (Wildman–Crippen LogP) is 3.97. The van der Waals surface area contributed by atoms with E-state index in [9.17, 15) is 4.39 Å². The average Bonchev–Trinajstić information content (AvgIpc) is 2.24. The lowest BCUT2D eigenvalue weighted by atomic mass is 10.2. The third-order valence-corrected chi connectivity index (χ3v) is 2.31. The second-order valence-electron chi connectivity index (χ2n) is 3.33. The van der Waals surface area contributed by atoms with Gasteiger partial charge in [0.1, 0.15) is 11.5 Å². The van der Waals surface area contributed by atoms with Gasteiger partial charge in [0.25, 0.3) is 0 Å². The van der Waals surface area contributed by atoms with Gasteiger partial charge in [0, 0.05) is 17.3 Å². The Bertz CT molecular complexity index is 516. The Hall–Kier alpha value is -1.61. The maximum Gasteiger partial charge on any atom is 0.216 e. The van der Waals surface area contributed by atoms with Crippen molar-refractivity contribution in [3.63, 3.8) is 0 Å². The summed E-state index contributed by atoms with van der Waals surface area (Å²) >= 11 is 5.85. The van der Waals surface area contributed by atoms with Crippen molar-refractivity contribution in [3.05, 3.63) is 53.1 Å². The van der Waals surface area contributed by atoms with E-state index in [4.69, 9.17) is 16.3 Å². The molecule has 0 saturated heterocycles. The molecule has 2 nitrogen and oxygen atoms in total. The summed E-state index contributed by atoms with van der Waals surface area (Å²) < 4.78 is 18.3. The number of rotatable bonds is 2. The number of pyridine rings is 1. The largest absolute Gasteiger partial charge is 0.457 e. The Kier molecular flexibility index (Phi) is 3.06. The Labute approximate surface area is 97.7 Å². The fourth-order valence-electron chi connectivity index (χ4n) is 1.26. The van der Waals surface area contributed by atoms with Crippen LogP contribution < -0.4 is 4.74 Å². The molecule has 0 radical (unpaired) electrons. The molecule has 1 aromatic carbocycles. The van der Waals surface area contributed by atoms with Crippen LogP contribution in [-0.4, -0.2) is 4.98 Å². The van der Waals surface area contributed by atoms with Crippen LogP contribution in [0.25, 0.3) is 0 Å². The molecule has 0 unspecified atom stereocenters. The molecule has 82 valence electrons. The topological polar surface area (TPSA) is 22.1 Å². The second kappa shape index (κ2) is 4.49. The molecule has 1 aromatic heterocycles. The van der Waals surface area contributed by atoms with Gasteiger partial charge >= 0.3 is 0 Å². The molecule has 0 N–H and O–H groups in total. The van der Waals surface area contributed by atoms with Crippen molar-refractivity contribution in [2.75, 3.05) is 0 Å². The third kappa shape index (κ3) is 2.49. The lowest BCUT2D eigenvalue weighted by molar-refractivity contribution is 0.469. The number of halogens is 2. The second-order valence-corrected chi connectivity index (χ2v) is 3.76. The van der Waals surface area contributed by atoms with Crippen molar-refractivity contribution in [2.45, 2.75) is 6.92 Å². The summed E-state index contributed by atoms with van der Waals surface area (Å²) in [6, 6.07) is 8.12. The molecule has 0 aliphatic heterocycles. The summed E-state index contributed by atoms with van der Waals surface area (Å²) in [5, 5.41) is 0.579. The van der Waals surface area contributed by atoms with Gasteiger partial charge in [-0.05, 0) is 30.7 Å². The summed E-state index contributed by atoms with van der Waals surface area (Å²) in [7, 11) is 0. The van der Waals surface area contributed by atoms with Crippen molar-refractivity contribution in [1.82, 2.24) is 4.98 Å². The van der Waals surface area contributed by atoms with Crippen molar-refractivity contribution in [1.29, 1.82) is 0 Å². The lowest BCUT2D eigenvalue weighted by Crippen LogP contribution is -1.89. The molecule has 0 bridgehead atoms. The van der Waals surface area contributed by atoms with E-state index >= 15 is 0 Å². The fraction of sp³-hybridized carbons (Fsp3) is 0.0833. The van der Waals surface area contributed by atoms with Gasteiger partial charge in [0.15, 0.2) is 0 Å². The molecule has 16 heavy (non-hydrogen) atoms. The lowest BCUT2D eigenvalue weighted by Gasteiger charge is -2.08. The standard InChI is InChI=1S/C12H9ClFNO/c1-8-2-3-9(13)6-11(8)16-10-4-5-15-12(14)7-10/h2-7H,1H3. The van der Waals surface area contributed by atoms with Gasteiger partial charge in [0.05, 0.1) is 0 Å². The quantitative estimate of drug-likeness (QED) is 0.738. The monoisotopic (exact) mass is 237 g/mol. The minimum absolute atomic E-state index is 0.401. The van der Waals surface area contributed by atoms with Crippen molar-refractivity contribution < 1.29 is 9.13 Å². The van der Waals surface area contributed by atoms with Crippen LogP contribution in [0.5, 0.6) is 11.5 Å². The zero-order chi connectivity index (χ0) is 11.5. The van der Waals surface area contributed by atoms with Crippen LogP contribution in [-0.2, 0) is 0 Å². The van der Waals surface area contributed by atoms with Gasteiger partial charge in [-0.15, -0.1) is 0 Å². The molecule has 0 spiro atoms. The molecule has 0 aliphatic carbocycles. The van der Waals surface area contributed by atoms with E-state index in [1.165, 1.54) is 12.3 Å². The smallest absolute Gasteiger partial charge is 0.216 e. The van der Waals surface area contributed by atoms with E-state index < -0.39 is 5.95 Å². The molecule has 4 heteroatoms. The van der Waals surface area contributed by atoms with Crippen molar-refractivity contribution in [2.24, 2.45) is 0 Å². The SMILES string of the molecule is Cc1ccc(Cl)cc1Oc1ccnc(F)c1. The first-order valence-electron chi connectivity index (χ1n) is 4.71. The van der Waals surface area contributed by atoms with Crippen LogP contribution in [0.2, 0.25) is 5.02 Å². The predicted molar refractivity (Wildman–Crippen MR) is 60.5 cm³/mol. The van der Waals surface area contributed by atoms with E-state index in [2.05, 4.69) is 4.98 Å². The highest BCUT2D eigenvalue weighted by molar-refractivity contribution is 6.30. The van der Waals surface area contributed by atoms with Crippen molar-refractivity contribution in [3.8, 4) is 11.5 Å². The van der Waals surface area contributed by atoms with E-state index in [1.54, 1.807) is 18.2 Å². The zero-order valence-corrected chi connectivity index (χ0v) is 9.33. The van der Waals surface area contributed by atoms with E-state index in [0.29, 0.717) is 16.5 Å². The Morgan fingerprint density at radius 2 is 2.06 bits per heavy atom. The summed E-state index contributed by atoms with van der Waals surface area (Å²) in [6.45, 7) is 1.89. The first-order valence-corrected chi connectivity index (χ1v) is 5.08. The van der Waals surface area contributed by atoms with Gasteiger partial charge in [-0.3, -0.25) is 0 Å². The van der Waals surface area contributed by atoms with Gasteiger partial charge < -0.3 is 4.74 Å². The summed E-state index contributed by atoms with van der Waals surface area (Å²) in [5.74, 6) is 0.438. The van der Waals surface area contributed by atoms with Gasteiger partial charge in [-0.1, -0.05) is 17.7 Å². The third-order valence-electron chi connectivity index (χ3n) is 2.08. The number of hydrogen-bond acceptors (Lipinski definition) is 2. The maximum atomic E-state index is 12.8. The zero-order valence-electron chi connectivity index (χ0n) is 8.58. The van der Waals surface area contributed by atoms with Crippen LogP contribution in [0.1, 0.15) is 5.56 Å². The first-order chi connectivity index (χ1) is 7.65. The Balaban J connectivity index is 2.30. The molecule has 0 fully saturated rings. The first kappa shape index (κ1) is 10.9. The fourth-order valence-corrected chi connectivity index (χ4v) is 1.42. The molecule has 2 aromatic rings. The number of aromatic nitrogens is 1. The molecule has 1 heterocycles. The van der Waals surface area contributed by atoms with E-state index in [0.717, 1.165) is 5.56 Å². The minimum Gasteiger partial charge on any atom is -0.457 e. The van der Waals surface area contributed by atoms with Gasteiger partial charge in [0.2, 0.25) is 5.95 Å². The van der Waals surface area contributed by atoms with E-state index in [1.807, 2.05) is 13.0 Å². The number of benzene rings is 1. The molecule has 0 saturated carbocycles. The highest BCUT2D eigenvalue weighted by Crippen LogP contribution is 2.27. The van der Waals surface area contributed by atoms with Crippen LogP contribution in [0.15, 0.2) is 36.5 Å². The molecule has 0 amide bonds. The molecule has 0 atom stereocenters. The normalized spacial score (nSPS) is 10.2. The summed E-state index contributed by atoms with van der Waals surface area (Å²) in [5.41, 5.74) is 0.932. The minimum atomic E-state index is -0.572. The number of hydrogen-bond donors (Lipinski definition) is 0. The van der Waals surface area contributed by atoms with Crippen LogP contribution >= 0.6 is 11.6 Å². The maximum absolute atomic E-state index is 12.8. The van der Waals surface area contributed by atoms with Gasteiger partial charge in [-0.25, -0.2) is 4.98 Å². The number of nitrogens with zero attached hydrogens (tertiary/aromatic N) is 1. The molecular weight excluding hydrogens is 229 g/mol. The highest BCUT2D eigenvalue weighted by atomic mass is 35.5. The molecule has 2 rings (SSSR count). The number of ether oxygens (including phenoxy) is 1. The molecule has 0 aliphatic rings. The average molecular weight is 238 g/mol. The van der Waals surface area contributed by atoms with Gasteiger partial charge in [-0.2, -0.15) is 4.39 Å².